The van der Waals surface area contributed by atoms with Crippen molar-refractivity contribution in [2.24, 2.45) is 11.5 Å². The molecule has 1 aliphatic rings. The number of hydrogen-bond acceptors (Lipinski definition) is 2. The highest BCUT2D eigenvalue weighted by Gasteiger charge is 2.35. The van der Waals surface area contributed by atoms with Gasteiger partial charge in [0.2, 0.25) is 0 Å². The van der Waals surface area contributed by atoms with Crippen LogP contribution in [0.5, 0.6) is 0 Å². The molecule has 0 atom stereocenters. The molecule has 198 valence electrons. The van der Waals surface area contributed by atoms with Crippen LogP contribution >= 0.6 is 0 Å². The summed E-state index contributed by atoms with van der Waals surface area (Å²) in [5.74, 6) is 0.261. The molecule has 0 amide bonds. The minimum Gasteiger partial charge on any atom is -0.403 e. The first-order valence-electron chi connectivity index (χ1n) is 14.0. The van der Waals surface area contributed by atoms with Gasteiger partial charge in [-0.2, -0.15) is 0 Å². The van der Waals surface area contributed by atoms with Crippen molar-refractivity contribution in [2.45, 2.75) is 57.8 Å². The number of fused-ring (bicyclic) bond motifs is 3. The Morgan fingerprint density at radius 3 is 1.59 bits per heavy atom. The zero-order valence-corrected chi connectivity index (χ0v) is 23.2. The molecule has 5 rings (SSSR count). The highest BCUT2D eigenvalue weighted by molar-refractivity contribution is 5.86. The first kappa shape index (κ1) is 26.5. The van der Waals surface area contributed by atoms with E-state index in [0.29, 0.717) is 6.42 Å². The summed E-state index contributed by atoms with van der Waals surface area (Å²) in [4.78, 5) is 0. The summed E-state index contributed by atoms with van der Waals surface area (Å²) in [7, 11) is 0. The maximum Gasteiger partial charge on any atom is 0.0905 e. The molecule has 0 aliphatic heterocycles. The summed E-state index contributed by atoms with van der Waals surface area (Å²) in [6.07, 6.45) is 5.37. The number of nitrogens with two attached hydrogens (primary N) is 2. The Morgan fingerprint density at radius 1 is 0.667 bits per heavy atom. The van der Waals surface area contributed by atoms with Crippen LogP contribution in [0.3, 0.4) is 0 Å². The van der Waals surface area contributed by atoms with Gasteiger partial charge >= 0.3 is 0 Å². The van der Waals surface area contributed by atoms with Crippen LogP contribution in [-0.2, 0) is 18.3 Å². The first-order valence-corrected chi connectivity index (χ1v) is 14.0. The molecule has 0 unspecified atom stereocenters. The predicted molar refractivity (Wildman–Crippen MR) is 166 cm³/mol. The number of amidine groups is 1. The Balaban J connectivity index is 1.42. The summed E-state index contributed by atoms with van der Waals surface area (Å²) < 4.78 is 0. The molecule has 0 radical (unpaired) electrons. The molecule has 0 saturated carbocycles. The van der Waals surface area contributed by atoms with Crippen molar-refractivity contribution in [3.63, 3.8) is 0 Å². The lowest BCUT2D eigenvalue weighted by molar-refractivity contribution is 0.661. The van der Waals surface area contributed by atoms with Crippen LogP contribution in [0.15, 0.2) is 97.2 Å². The van der Waals surface area contributed by atoms with E-state index in [2.05, 4.69) is 105 Å². The van der Waals surface area contributed by atoms with Gasteiger partial charge in [0.05, 0.1) is 5.84 Å². The molecular weight excluding hydrogens is 474 g/mol. The van der Waals surface area contributed by atoms with E-state index in [1.54, 1.807) is 0 Å². The van der Waals surface area contributed by atoms with E-state index in [1.165, 1.54) is 55.6 Å². The van der Waals surface area contributed by atoms with E-state index in [0.717, 1.165) is 37.8 Å². The maximum absolute atomic E-state index is 7.48. The van der Waals surface area contributed by atoms with Crippen molar-refractivity contribution in [3.8, 4) is 33.4 Å². The molecule has 3 heteroatoms. The monoisotopic (exact) mass is 513 g/mol. The van der Waals surface area contributed by atoms with Crippen molar-refractivity contribution in [3.05, 3.63) is 119 Å². The van der Waals surface area contributed by atoms with Crippen LogP contribution in [-0.4, -0.2) is 5.84 Å². The second kappa shape index (κ2) is 10.9. The van der Waals surface area contributed by atoms with Crippen molar-refractivity contribution in [1.29, 1.82) is 5.41 Å². The highest BCUT2D eigenvalue weighted by atomic mass is 14.7. The van der Waals surface area contributed by atoms with E-state index in [9.17, 15) is 0 Å². The van der Waals surface area contributed by atoms with Crippen molar-refractivity contribution < 1.29 is 0 Å². The Morgan fingerprint density at radius 2 is 1.13 bits per heavy atom. The average Bonchev–Trinajstić information content (AvgIpc) is 3.14. The van der Waals surface area contributed by atoms with Gasteiger partial charge in [0.25, 0.3) is 0 Å². The van der Waals surface area contributed by atoms with Gasteiger partial charge in [-0.1, -0.05) is 93.2 Å². The number of hydrogen-bond donors (Lipinski definition) is 3. The third-order valence-corrected chi connectivity index (χ3v) is 8.07. The van der Waals surface area contributed by atoms with Gasteiger partial charge in [0, 0.05) is 17.5 Å². The lowest BCUT2D eigenvalue weighted by Gasteiger charge is -2.23. The van der Waals surface area contributed by atoms with E-state index in [4.69, 9.17) is 16.9 Å². The molecule has 0 heterocycles. The molecular formula is C36H39N3. The van der Waals surface area contributed by atoms with Gasteiger partial charge in [-0.05, 0) is 99.9 Å². The van der Waals surface area contributed by atoms with Crippen LogP contribution in [0.1, 0.15) is 61.8 Å². The van der Waals surface area contributed by atoms with Crippen molar-refractivity contribution >= 4 is 5.84 Å². The van der Waals surface area contributed by atoms with E-state index in [1.807, 2.05) is 0 Å². The van der Waals surface area contributed by atoms with Crippen LogP contribution in [0.4, 0.5) is 0 Å². The van der Waals surface area contributed by atoms with Gasteiger partial charge in [0.15, 0.2) is 0 Å². The SMILES string of the molecule is C=C(N)CCCc1cccc(-c2ccc3c(c2)C(C)(C)c2cc(-c4cccc(CCCC(=N)N)c4)ccc2-3)c1. The highest BCUT2D eigenvalue weighted by Crippen LogP contribution is 2.50. The lowest BCUT2D eigenvalue weighted by Crippen LogP contribution is -2.15. The van der Waals surface area contributed by atoms with E-state index >= 15 is 0 Å². The third kappa shape index (κ3) is 5.68. The predicted octanol–water partition coefficient (Wildman–Crippen LogP) is 8.38. The number of rotatable bonds is 10. The molecule has 0 spiro atoms. The molecule has 0 saturated heterocycles. The molecule has 0 fully saturated rings. The van der Waals surface area contributed by atoms with E-state index < -0.39 is 0 Å². The Kier molecular flexibility index (Phi) is 7.43. The Bertz CT molecular complexity index is 1430. The molecule has 39 heavy (non-hydrogen) atoms. The molecule has 4 aromatic rings. The van der Waals surface area contributed by atoms with Crippen molar-refractivity contribution in [1.82, 2.24) is 0 Å². The number of aryl methyl sites for hydroxylation is 2. The van der Waals surface area contributed by atoms with Gasteiger partial charge in [-0.3, -0.25) is 5.41 Å². The molecule has 0 bridgehead atoms. The smallest absolute Gasteiger partial charge is 0.0905 e. The zero-order chi connectivity index (χ0) is 27.6. The summed E-state index contributed by atoms with van der Waals surface area (Å²) >= 11 is 0. The summed E-state index contributed by atoms with van der Waals surface area (Å²) in [5, 5.41) is 7.48. The Hall–Kier alpha value is -4.11. The molecule has 1 aliphatic carbocycles. The number of nitrogens with one attached hydrogen (secondary N) is 1. The van der Waals surface area contributed by atoms with Crippen LogP contribution in [0.25, 0.3) is 33.4 Å². The maximum atomic E-state index is 7.48. The lowest BCUT2D eigenvalue weighted by atomic mass is 9.80. The van der Waals surface area contributed by atoms with E-state index in [-0.39, 0.29) is 11.3 Å². The van der Waals surface area contributed by atoms with Gasteiger partial charge in [0.1, 0.15) is 0 Å². The van der Waals surface area contributed by atoms with Crippen LogP contribution in [0.2, 0.25) is 0 Å². The topological polar surface area (TPSA) is 75.9 Å². The van der Waals surface area contributed by atoms with Crippen LogP contribution < -0.4 is 11.5 Å². The normalized spacial score (nSPS) is 13.1. The quantitative estimate of drug-likeness (QED) is 0.147. The third-order valence-electron chi connectivity index (χ3n) is 8.07. The summed E-state index contributed by atoms with van der Waals surface area (Å²) in [6.45, 7) is 8.52. The Labute approximate surface area is 233 Å². The van der Waals surface area contributed by atoms with Crippen LogP contribution in [0, 0.1) is 5.41 Å². The fraction of sp³-hybridized carbons (Fsp3) is 0.250. The first-order chi connectivity index (χ1) is 18.7. The fourth-order valence-electron chi connectivity index (χ4n) is 5.91. The second-order valence-electron chi connectivity index (χ2n) is 11.4. The second-order valence-corrected chi connectivity index (χ2v) is 11.4. The minimum atomic E-state index is -0.0884. The zero-order valence-electron chi connectivity index (χ0n) is 23.2. The standard InChI is InChI=1S/C36H39N3/c1-24(37)8-4-9-25-10-5-13-27(20-25)29-16-18-31-32-19-17-30(23-34(32)36(2,3)33(31)22-29)28-14-6-11-26(21-28)12-7-15-35(38)39/h5-6,10-11,13-14,16-23H,1,4,7-9,12,15,37H2,2-3H3,(H3,38,39). The average molecular weight is 514 g/mol. The van der Waals surface area contributed by atoms with Gasteiger partial charge < -0.3 is 11.5 Å². The molecule has 3 nitrogen and oxygen atoms in total. The van der Waals surface area contributed by atoms with Crippen molar-refractivity contribution in [2.75, 3.05) is 0 Å². The van der Waals surface area contributed by atoms with Gasteiger partial charge in [-0.15, -0.1) is 0 Å². The largest absolute Gasteiger partial charge is 0.403 e. The summed E-state index contributed by atoms with van der Waals surface area (Å²) in [6, 6.07) is 31.6. The number of benzene rings is 4. The molecule has 4 aromatic carbocycles. The molecule has 0 aromatic heterocycles. The summed E-state index contributed by atoms with van der Waals surface area (Å²) in [5.41, 5.74) is 25.0. The minimum absolute atomic E-state index is 0.0884. The van der Waals surface area contributed by atoms with Gasteiger partial charge in [-0.25, -0.2) is 0 Å². The fourth-order valence-corrected chi connectivity index (χ4v) is 5.91. The number of allylic oxidation sites excluding steroid dienone is 1. The molecule has 5 N–H and O–H groups in total.